The summed E-state index contributed by atoms with van der Waals surface area (Å²) in [6.45, 7) is 0. The predicted octanol–water partition coefficient (Wildman–Crippen LogP) is 3.57. The lowest BCUT2D eigenvalue weighted by Gasteiger charge is -2.01. The van der Waals surface area contributed by atoms with Crippen molar-refractivity contribution in [1.82, 2.24) is 24.8 Å². The molecule has 2 aromatic heterocycles. The van der Waals surface area contributed by atoms with E-state index in [1.807, 2.05) is 24.3 Å². The first-order valence-corrected chi connectivity index (χ1v) is 7.81. The number of halogens is 1. The molecule has 1 N–H and O–H groups in total. The molecule has 4 rings (SSSR count). The fourth-order valence-electron chi connectivity index (χ4n) is 2.34. The molecular weight excluding hydrogens is 339 g/mol. The molecule has 0 radical (unpaired) electrons. The minimum absolute atomic E-state index is 0.320. The highest BCUT2D eigenvalue weighted by molar-refractivity contribution is 7.71. The van der Waals surface area contributed by atoms with E-state index in [-0.39, 0.29) is 5.82 Å². The Balaban J connectivity index is 1.72. The second-order valence-electron chi connectivity index (χ2n) is 5.20. The molecule has 0 fully saturated rings. The van der Waals surface area contributed by atoms with Crippen molar-refractivity contribution in [3.63, 3.8) is 0 Å². The largest absolute Gasteiger partial charge is 0.252 e. The predicted molar refractivity (Wildman–Crippen MR) is 95.3 cm³/mol. The van der Waals surface area contributed by atoms with E-state index >= 15 is 0 Å². The van der Waals surface area contributed by atoms with E-state index in [4.69, 9.17) is 12.2 Å². The zero-order valence-corrected chi connectivity index (χ0v) is 13.6. The quantitative estimate of drug-likeness (QED) is 0.453. The van der Waals surface area contributed by atoms with Crippen LogP contribution in [0.1, 0.15) is 5.69 Å². The summed E-state index contributed by atoms with van der Waals surface area (Å²) in [4.78, 5) is 8.82. The highest BCUT2D eigenvalue weighted by Crippen LogP contribution is 2.17. The number of aromatic nitrogens is 5. The van der Waals surface area contributed by atoms with E-state index in [2.05, 4.69) is 25.3 Å². The van der Waals surface area contributed by atoms with Crippen LogP contribution < -0.4 is 0 Å². The molecule has 0 aliphatic carbocycles. The molecule has 0 saturated heterocycles. The number of fused-ring (bicyclic) bond motifs is 1. The van der Waals surface area contributed by atoms with Gasteiger partial charge in [0.2, 0.25) is 4.77 Å². The van der Waals surface area contributed by atoms with Gasteiger partial charge in [0.25, 0.3) is 0 Å². The summed E-state index contributed by atoms with van der Waals surface area (Å²) in [7, 11) is 0. The van der Waals surface area contributed by atoms with Gasteiger partial charge >= 0.3 is 0 Å². The first-order valence-electron chi connectivity index (χ1n) is 7.40. The monoisotopic (exact) mass is 350 g/mol. The number of rotatable bonds is 3. The van der Waals surface area contributed by atoms with Crippen LogP contribution in [0.3, 0.4) is 0 Å². The van der Waals surface area contributed by atoms with Crippen LogP contribution in [-0.4, -0.2) is 31.1 Å². The van der Waals surface area contributed by atoms with Crippen molar-refractivity contribution in [2.45, 2.75) is 0 Å². The lowest BCUT2D eigenvalue weighted by atomic mass is 10.2. The van der Waals surface area contributed by atoms with Crippen LogP contribution in [0.15, 0.2) is 59.8 Å². The van der Waals surface area contributed by atoms with Crippen LogP contribution in [0.4, 0.5) is 4.39 Å². The highest BCUT2D eigenvalue weighted by atomic mass is 32.1. The molecule has 0 saturated carbocycles. The minimum atomic E-state index is -0.320. The molecule has 0 atom stereocenters. The second kappa shape index (κ2) is 6.33. The minimum Gasteiger partial charge on any atom is -0.252 e. The average molecular weight is 350 g/mol. The Morgan fingerprint density at radius 3 is 2.64 bits per heavy atom. The Morgan fingerprint density at radius 2 is 1.84 bits per heavy atom. The molecule has 2 heterocycles. The van der Waals surface area contributed by atoms with E-state index in [0.29, 0.717) is 21.9 Å². The van der Waals surface area contributed by atoms with Crippen LogP contribution in [-0.2, 0) is 0 Å². The summed E-state index contributed by atoms with van der Waals surface area (Å²) in [6, 6.07) is 13.5. The maximum atomic E-state index is 13.1. The van der Waals surface area contributed by atoms with E-state index < -0.39 is 0 Å². The maximum absolute atomic E-state index is 13.1. The number of para-hydroxylation sites is 2. The van der Waals surface area contributed by atoms with Crippen LogP contribution in [0, 0.1) is 10.6 Å². The summed E-state index contributed by atoms with van der Waals surface area (Å²) in [5.41, 5.74) is 2.87. The van der Waals surface area contributed by atoms with Crippen molar-refractivity contribution in [3.05, 3.63) is 71.0 Å². The van der Waals surface area contributed by atoms with Gasteiger partial charge in [0, 0.05) is 5.56 Å². The van der Waals surface area contributed by atoms with Crippen molar-refractivity contribution < 1.29 is 4.39 Å². The molecule has 122 valence electrons. The van der Waals surface area contributed by atoms with Gasteiger partial charge in [-0.2, -0.15) is 14.9 Å². The third-order valence-electron chi connectivity index (χ3n) is 3.53. The van der Waals surface area contributed by atoms with Crippen molar-refractivity contribution in [1.29, 1.82) is 0 Å². The summed E-state index contributed by atoms with van der Waals surface area (Å²) >= 11 is 5.21. The molecule has 4 aromatic rings. The van der Waals surface area contributed by atoms with Gasteiger partial charge in [-0.25, -0.2) is 14.5 Å². The van der Waals surface area contributed by atoms with Gasteiger partial charge in [0.1, 0.15) is 11.5 Å². The summed E-state index contributed by atoms with van der Waals surface area (Å²) in [5, 5.41) is 11.2. The van der Waals surface area contributed by atoms with Gasteiger partial charge in [-0.3, -0.25) is 4.98 Å². The van der Waals surface area contributed by atoms with Crippen molar-refractivity contribution in [3.8, 4) is 11.4 Å². The topological polar surface area (TPSA) is 71.8 Å². The molecule has 0 bridgehead atoms. The number of nitrogens with one attached hydrogen (secondary N) is 1. The van der Waals surface area contributed by atoms with Crippen molar-refractivity contribution >= 4 is 29.5 Å². The normalized spacial score (nSPS) is 11.4. The standard InChI is InChI=1S/C17H11FN6S/c18-12-7-5-11(6-8-12)16-22-23-17(25)24(16)20-10-13-9-19-14-3-1-2-4-15(14)21-13/h1-10H,(H,23,25)/b20-10-. The summed E-state index contributed by atoms with van der Waals surface area (Å²) in [6.07, 6.45) is 3.19. The van der Waals surface area contributed by atoms with Gasteiger partial charge < -0.3 is 0 Å². The van der Waals surface area contributed by atoms with Crippen LogP contribution >= 0.6 is 12.2 Å². The second-order valence-corrected chi connectivity index (χ2v) is 5.59. The first kappa shape index (κ1) is 15.3. The van der Waals surface area contributed by atoms with E-state index in [1.54, 1.807) is 24.5 Å². The third kappa shape index (κ3) is 3.07. The lowest BCUT2D eigenvalue weighted by molar-refractivity contribution is 0.628. The zero-order valence-electron chi connectivity index (χ0n) is 12.8. The summed E-state index contributed by atoms with van der Waals surface area (Å²) < 4.78 is 14.9. The Kier molecular flexibility index (Phi) is 3.87. The molecule has 0 aliphatic heterocycles. The highest BCUT2D eigenvalue weighted by Gasteiger charge is 2.08. The summed E-state index contributed by atoms with van der Waals surface area (Å²) in [5.74, 6) is 0.161. The first-order chi connectivity index (χ1) is 12.2. The SMILES string of the molecule is Fc1ccc(-c2n[nH]c(=S)n2/N=C\c2cnc3ccccc3n2)cc1. The van der Waals surface area contributed by atoms with Crippen LogP contribution in [0.25, 0.3) is 22.4 Å². The molecule has 0 spiro atoms. The van der Waals surface area contributed by atoms with Crippen LogP contribution in [0.5, 0.6) is 0 Å². The van der Waals surface area contributed by atoms with Crippen molar-refractivity contribution in [2.24, 2.45) is 5.10 Å². The van der Waals surface area contributed by atoms with E-state index in [9.17, 15) is 4.39 Å². The zero-order chi connectivity index (χ0) is 17.2. The molecule has 8 heteroatoms. The number of aromatic amines is 1. The van der Waals surface area contributed by atoms with Gasteiger partial charge in [-0.15, -0.1) is 0 Å². The molecule has 0 unspecified atom stereocenters. The number of nitrogens with zero attached hydrogens (tertiary/aromatic N) is 5. The molecule has 6 nitrogen and oxygen atoms in total. The van der Waals surface area contributed by atoms with Gasteiger partial charge in [-0.05, 0) is 48.6 Å². The fourth-order valence-corrected chi connectivity index (χ4v) is 2.51. The molecule has 0 aliphatic rings. The Labute approximate surface area is 146 Å². The number of hydrogen-bond donors (Lipinski definition) is 1. The maximum Gasteiger partial charge on any atom is 0.216 e. The van der Waals surface area contributed by atoms with Gasteiger partial charge in [0.15, 0.2) is 5.82 Å². The number of H-pyrrole nitrogens is 1. The molecule has 25 heavy (non-hydrogen) atoms. The van der Waals surface area contributed by atoms with Gasteiger partial charge in [0.05, 0.1) is 23.4 Å². The number of benzene rings is 2. The van der Waals surface area contributed by atoms with Gasteiger partial charge in [-0.1, -0.05) is 12.1 Å². The number of hydrogen-bond acceptors (Lipinski definition) is 5. The Hall–Kier alpha value is -3.26. The average Bonchev–Trinajstić information content (AvgIpc) is 3.01. The van der Waals surface area contributed by atoms with Crippen LogP contribution in [0.2, 0.25) is 0 Å². The molecule has 2 aromatic carbocycles. The van der Waals surface area contributed by atoms with E-state index in [0.717, 1.165) is 11.0 Å². The fraction of sp³-hybridized carbons (Fsp3) is 0. The Morgan fingerprint density at radius 1 is 1.08 bits per heavy atom. The third-order valence-corrected chi connectivity index (χ3v) is 3.79. The smallest absolute Gasteiger partial charge is 0.216 e. The molecule has 0 amide bonds. The lowest BCUT2D eigenvalue weighted by Crippen LogP contribution is -1.97. The van der Waals surface area contributed by atoms with Crippen molar-refractivity contribution in [2.75, 3.05) is 0 Å². The Bertz CT molecular complexity index is 1130. The van der Waals surface area contributed by atoms with E-state index in [1.165, 1.54) is 16.8 Å². The molecular formula is C17H11FN6S.